The summed E-state index contributed by atoms with van der Waals surface area (Å²) < 4.78 is 2.88. The molecule has 1 N–H and O–H groups in total. The van der Waals surface area contributed by atoms with Crippen molar-refractivity contribution < 1.29 is 0 Å². The molecule has 1 atom stereocenters. The number of pyridine rings is 1. The summed E-state index contributed by atoms with van der Waals surface area (Å²) in [5.41, 5.74) is 0. The van der Waals surface area contributed by atoms with E-state index in [2.05, 4.69) is 38.3 Å². The Balaban J connectivity index is 1.92. The summed E-state index contributed by atoms with van der Waals surface area (Å²) in [4.78, 5) is 4.26. The second-order valence-electron chi connectivity index (χ2n) is 3.64. The van der Waals surface area contributed by atoms with Crippen LogP contribution in [0.3, 0.4) is 0 Å². The molecule has 0 radical (unpaired) electrons. The van der Waals surface area contributed by atoms with Gasteiger partial charge in [0.25, 0.3) is 0 Å². The first-order valence-electron chi connectivity index (χ1n) is 5.09. The van der Waals surface area contributed by atoms with Crippen molar-refractivity contribution in [3.63, 3.8) is 0 Å². The zero-order valence-electron chi connectivity index (χ0n) is 8.97. The van der Waals surface area contributed by atoms with E-state index in [9.17, 15) is 0 Å². The number of nitrogens with one attached hydrogen (secondary N) is 1. The van der Waals surface area contributed by atoms with Crippen LogP contribution in [0.5, 0.6) is 0 Å². The van der Waals surface area contributed by atoms with Gasteiger partial charge in [-0.15, -0.1) is 0 Å². The van der Waals surface area contributed by atoms with Crippen LogP contribution in [0.2, 0.25) is 0 Å². The first-order chi connectivity index (χ1) is 7.74. The zero-order chi connectivity index (χ0) is 11.4. The quantitative estimate of drug-likeness (QED) is 0.936. The maximum atomic E-state index is 4.26. The number of hydrogen-bond acceptors (Lipinski definition) is 3. The number of rotatable bonds is 4. The predicted octanol–water partition coefficient (Wildman–Crippen LogP) is 2.54. The van der Waals surface area contributed by atoms with Crippen molar-refractivity contribution >= 4 is 21.7 Å². The van der Waals surface area contributed by atoms with Gasteiger partial charge in [0.05, 0.1) is 6.54 Å². The lowest BCUT2D eigenvalue weighted by Gasteiger charge is -2.14. The Kier molecular flexibility index (Phi) is 3.56. The third-order valence-electron chi connectivity index (χ3n) is 2.14. The number of aromatic nitrogens is 3. The molecule has 0 aliphatic rings. The molecule has 2 heterocycles. The normalized spacial score (nSPS) is 12.4. The number of nitrogens with zero attached hydrogens (tertiary/aromatic N) is 3. The summed E-state index contributed by atoms with van der Waals surface area (Å²) in [6.07, 6.45) is 5.51. The average molecular weight is 281 g/mol. The van der Waals surface area contributed by atoms with Crippen molar-refractivity contribution in [1.29, 1.82) is 0 Å². The third-order valence-corrected chi connectivity index (χ3v) is 2.61. The lowest BCUT2D eigenvalue weighted by molar-refractivity contribution is 0.560. The SMILES string of the molecule is CC(Cn1cccn1)Nc1ccc(Br)cn1. The Bertz CT molecular complexity index is 424. The van der Waals surface area contributed by atoms with Gasteiger partial charge in [0.2, 0.25) is 0 Å². The second-order valence-corrected chi connectivity index (χ2v) is 4.55. The van der Waals surface area contributed by atoms with Crippen LogP contribution >= 0.6 is 15.9 Å². The van der Waals surface area contributed by atoms with E-state index < -0.39 is 0 Å². The van der Waals surface area contributed by atoms with Crippen molar-refractivity contribution in [2.24, 2.45) is 0 Å². The molecule has 4 nitrogen and oxygen atoms in total. The van der Waals surface area contributed by atoms with Crippen LogP contribution in [0.1, 0.15) is 6.92 Å². The van der Waals surface area contributed by atoms with E-state index in [0.717, 1.165) is 16.8 Å². The smallest absolute Gasteiger partial charge is 0.126 e. The zero-order valence-corrected chi connectivity index (χ0v) is 10.6. The molecule has 0 saturated heterocycles. The Labute approximate surface area is 103 Å². The highest BCUT2D eigenvalue weighted by Gasteiger charge is 2.03. The maximum Gasteiger partial charge on any atom is 0.126 e. The minimum absolute atomic E-state index is 0.286. The molecule has 0 aliphatic carbocycles. The molecule has 0 aromatic carbocycles. The fourth-order valence-electron chi connectivity index (χ4n) is 1.45. The van der Waals surface area contributed by atoms with Gasteiger partial charge in [-0.25, -0.2) is 4.98 Å². The molecule has 0 bridgehead atoms. The van der Waals surface area contributed by atoms with Crippen molar-refractivity contribution in [3.05, 3.63) is 41.3 Å². The minimum Gasteiger partial charge on any atom is -0.366 e. The van der Waals surface area contributed by atoms with E-state index in [-0.39, 0.29) is 6.04 Å². The molecule has 84 valence electrons. The highest BCUT2D eigenvalue weighted by molar-refractivity contribution is 9.10. The summed E-state index contributed by atoms with van der Waals surface area (Å²) in [5.74, 6) is 0.878. The van der Waals surface area contributed by atoms with Crippen LogP contribution in [-0.4, -0.2) is 20.8 Å². The highest BCUT2D eigenvalue weighted by Crippen LogP contribution is 2.11. The Morgan fingerprint density at radius 1 is 1.50 bits per heavy atom. The van der Waals surface area contributed by atoms with E-state index in [0.29, 0.717) is 0 Å². The molecule has 16 heavy (non-hydrogen) atoms. The van der Waals surface area contributed by atoms with Gasteiger partial charge in [0.15, 0.2) is 0 Å². The van der Waals surface area contributed by atoms with Gasteiger partial charge in [-0.05, 0) is 41.1 Å². The van der Waals surface area contributed by atoms with Crippen LogP contribution in [0, 0.1) is 0 Å². The van der Waals surface area contributed by atoms with Crippen molar-refractivity contribution in [2.45, 2.75) is 19.5 Å². The van der Waals surface area contributed by atoms with E-state index in [1.54, 1.807) is 12.4 Å². The summed E-state index contributed by atoms with van der Waals surface area (Å²) in [6.45, 7) is 2.93. The Morgan fingerprint density at radius 2 is 2.38 bits per heavy atom. The van der Waals surface area contributed by atoms with Gasteiger partial charge in [-0.1, -0.05) is 0 Å². The predicted molar refractivity (Wildman–Crippen MR) is 67.2 cm³/mol. The van der Waals surface area contributed by atoms with Gasteiger partial charge < -0.3 is 5.32 Å². The number of anilines is 1. The summed E-state index contributed by atoms with van der Waals surface area (Å²) in [6, 6.07) is 6.12. The molecule has 2 aromatic heterocycles. The number of halogens is 1. The van der Waals surface area contributed by atoms with Gasteiger partial charge in [-0.2, -0.15) is 5.10 Å². The molecule has 5 heteroatoms. The molecular formula is C11H13BrN4. The van der Waals surface area contributed by atoms with Crippen molar-refractivity contribution in [2.75, 3.05) is 5.32 Å². The first kappa shape index (κ1) is 11.1. The molecule has 0 spiro atoms. The minimum atomic E-state index is 0.286. The largest absolute Gasteiger partial charge is 0.366 e. The lowest BCUT2D eigenvalue weighted by atomic mass is 10.3. The lowest BCUT2D eigenvalue weighted by Crippen LogP contribution is -2.22. The fourth-order valence-corrected chi connectivity index (χ4v) is 1.68. The van der Waals surface area contributed by atoms with Crippen molar-refractivity contribution in [3.8, 4) is 0 Å². The topological polar surface area (TPSA) is 42.7 Å². The molecule has 0 aliphatic heterocycles. The maximum absolute atomic E-state index is 4.26. The highest BCUT2D eigenvalue weighted by atomic mass is 79.9. The molecule has 0 fully saturated rings. The van der Waals surface area contributed by atoms with Crippen LogP contribution in [0.4, 0.5) is 5.82 Å². The monoisotopic (exact) mass is 280 g/mol. The molecule has 2 rings (SSSR count). The van der Waals surface area contributed by atoms with Gasteiger partial charge in [0, 0.05) is 29.1 Å². The van der Waals surface area contributed by atoms with E-state index >= 15 is 0 Å². The Morgan fingerprint density at radius 3 is 3.00 bits per heavy atom. The number of hydrogen-bond donors (Lipinski definition) is 1. The summed E-state index contributed by atoms with van der Waals surface area (Å²) >= 11 is 3.36. The third kappa shape index (κ3) is 3.06. The fraction of sp³-hybridized carbons (Fsp3) is 0.273. The van der Waals surface area contributed by atoms with Crippen LogP contribution in [-0.2, 0) is 6.54 Å². The summed E-state index contributed by atoms with van der Waals surface area (Å²) in [7, 11) is 0. The van der Waals surface area contributed by atoms with E-state index in [4.69, 9.17) is 0 Å². The van der Waals surface area contributed by atoms with Crippen molar-refractivity contribution in [1.82, 2.24) is 14.8 Å². The Hall–Kier alpha value is -1.36. The van der Waals surface area contributed by atoms with Gasteiger partial charge >= 0.3 is 0 Å². The molecule has 0 saturated carbocycles. The molecule has 2 aromatic rings. The van der Waals surface area contributed by atoms with Crippen LogP contribution in [0.15, 0.2) is 41.3 Å². The van der Waals surface area contributed by atoms with Crippen LogP contribution in [0.25, 0.3) is 0 Å². The van der Waals surface area contributed by atoms with Gasteiger partial charge in [0.1, 0.15) is 5.82 Å². The molecule has 1 unspecified atom stereocenters. The second kappa shape index (κ2) is 5.12. The molecule has 0 amide bonds. The van der Waals surface area contributed by atoms with E-state index in [1.165, 1.54) is 0 Å². The first-order valence-corrected chi connectivity index (χ1v) is 5.89. The van der Waals surface area contributed by atoms with E-state index in [1.807, 2.05) is 29.1 Å². The molecular weight excluding hydrogens is 268 g/mol. The van der Waals surface area contributed by atoms with Gasteiger partial charge in [-0.3, -0.25) is 4.68 Å². The standard InChI is InChI=1S/C11H13BrN4/c1-9(8-16-6-2-5-14-16)15-11-4-3-10(12)7-13-11/h2-7,9H,8H2,1H3,(H,13,15). The van der Waals surface area contributed by atoms with Crippen LogP contribution < -0.4 is 5.32 Å². The average Bonchev–Trinajstić information content (AvgIpc) is 2.74. The summed E-state index contributed by atoms with van der Waals surface area (Å²) in [5, 5.41) is 7.48.